The molecule has 2 amide bonds. The Morgan fingerprint density at radius 3 is 2.32 bits per heavy atom. The maximum atomic E-state index is 12.7. The zero-order valence-corrected chi connectivity index (χ0v) is 15.3. The molecule has 136 valence electrons. The number of nitrogens with zero attached hydrogens (tertiary/aromatic N) is 2. The summed E-state index contributed by atoms with van der Waals surface area (Å²) in [4.78, 5) is 17.3. The first-order chi connectivity index (χ1) is 11.5. The maximum Gasteiger partial charge on any atom is 0.416 e. The van der Waals surface area contributed by atoms with Crippen LogP contribution in [0.25, 0.3) is 5.69 Å². The van der Waals surface area contributed by atoms with E-state index in [-0.39, 0.29) is 5.41 Å². The fourth-order valence-corrected chi connectivity index (χ4v) is 2.83. The van der Waals surface area contributed by atoms with E-state index in [1.54, 1.807) is 10.8 Å². The number of amides is 2. The van der Waals surface area contributed by atoms with Crippen molar-refractivity contribution in [2.24, 2.45) is 10.4 Å². The Hall–Kier alpha value is -2.09. The molecule has 2 aromatic rings. The molecule has 0 fully saturated rings. The number of urea groups is 1. The second kappa shape index (κ2) is 7.03. The standard InChI is InChI=1S/C17H20F3N3OS/c1-11-9-23(13-7-5-12(6-8-13)17(18,19)20)15(25-11)22-14(24)21-10-16(2,3)4/h5-9H,10H2,1-4H3,(H,21,24)/b22-15-. The predicted molar refractivity (Wildman–Crippen MR) is 91.8 cm³/mol. The summed E-state index contributed by atoms with van der Waals surface area (Å²) in [5.41, 5.74) is -0.273. The summed E-state index contributed by atoms with van der Waals surface area (Å²) in [6.07, 6.45) is -2.64. The molecule has 4 nitrogen and oxygen atoms in total. The molecule has 8 heteroatoms. The number of aryl methyl sites for hydroxylation is 1. The number of alkyl halides is 3. The first-order valence-electron chi connectivity index (χ1n) is 7.65. The molecule has 0 aliphatic rings. The van der Waals surface area contributed by atoms with Crippen LogP contribution in [0.3, 0.4) is 0 Å². The molecule has 0 bridgehead atoms. The number of hydrogen-bond donors (Lipinski definition) is 1. The number of carbonyl (C=O) groups excluding carboxylic acids is 1. The number of carbonyl (C=O) groups is 1. The Balaban J connectivity index is 2.32. The van der Waals surface area contributed by atoms with Crippen molar-refractivity contribution in [3.8, 4) is 5.69 Å². The van der Waals surface area contributed by atoms with Gasteiger partial charge in [-0.05, 0) is 36.6 Å². The molecule has 25 heavy (non-hydrogen) atoms. The zero-order chi connectivity index (χ0) is 18.8. The zero-order valence-electron chi connectivity index (χ0n) is 14.4. The van der Waals surface area contributed by atoms with Gasteiger partial charge in [0.25, 0.3) is 0 Å². The third-order valence-electron chi connectivity index (χ3n) is 3.21. The summed E-state index contributed by atoms with van der Waals surface area (Å²) in [6, 6.07) is 4.28. The van der Waals surface area contributed by atoms with Crippen LogP contribution in [0.5, 0.6) is 0 Å². The molecule has 0 spiro atoms. The highest BCUT2D eigenvalue weighted by atomic mass is 32.1. The molecule has 2 rings (SSSR count). The summed E-state index contributed by atoms with van der Waals surface area (Å²) in [6.45, 7) is 8.29. The van der Waals surface area contributed by atoms with E-state index in [1.165, 1.54) is 23.5 Å². The van der Waals surface area contributed by atoms with Gasteiger partial charge in [0.1, 0.15) is 0 Å². The van der Waals surface area contributed by atoms with E-state index in [4.69, 9.17) is 0 Å². The van der Waals surface area contributed by atoms with Crippen LogP contribution in [0.1, 0.15) is 31.2 Å². The molecular formula is C17H20F3N3OS. The number of rotatable bonds is 2. The van der Waals surface area contributed by atoms with Crippen LogP contribution >= 0.6 is 11.3 Å². The van der Waals surface area contributed by atoms with E-state index < -0.39 is 17.8 Å². The van der Waals surface area contributed by atoms with Crippen LogP contribution in [0.15, 0.2) is 35.5 Å². The van der Waals surface area contributed by atoms with Gasteiger partial charge in [-0.25, -0.2) is 4.79 Å². The van der Waals surface area contributed by atoms with E-state index in [9.17, 15) is 18.0 Å². The molecule has 1 heterocycles. The Bertz CT molecular complexity index is 811. The lowest BCUT2D eigenvalue weighted by Gasteiger charge is -2.17. The summed E-state index contributed by atoms with van der Waals surface area (Å²) in [5.74, 6) is 0. The summed E-state index contributed by atoms with van der Waals surface area (Å²) < 4.78 is 39.7. The first-order valence-corrected chi connectivity index (χ1v) is 8.47. The van der Waals surface area contributed by atoms with Gasteiger partial charge in [0.2, 0.25) is 0 Å². The lowest BCUT2D eigenvalue weighted by Crippen LogP contribution is -2.31. The van der Waals surface area contributed by atoms with E-state index in [0.717, 1.165) is 17.0 Å². The maximum absolute atomic E-state index is 12.7. The smallest absolute Gasteiger partial charge is 0.336 e. The van der Waals surface area contributed by atoms with Crippen LogP contribution in [-0.2, 0) is 6.18 Å². The van der Waals surface area contributed by atoms with E-state index in [2.05, 4.69) is 10.3 Å². The van der Waals surface area contributed by atoms with Crippen molar-refractivity contribution in [2.45, 2.75) is 33.9 Å². The fourth-order valence-electron chi connectivity index (χ4n) is 2.00. The quantitative estimate of drug-likeness (QED) is 0.829. The van der Waals surface area contributed by atoms with E-state index in [1.807, 2.05) is 27.7 Å². The molecule has 0 radical (unpaired) electrons. The Labute approximate surface area is 148 Å². The Morgan fingerprint density at radius 2 is 1.80 bits per heavy atom. The van der Waals surface area contributed by atoms with Gasteiger partial charge < -0.3 is 5.32 Å². The summed E-state index contributed by atoms with van der Waals surface area (Å²) >= 11 is 1.29. The van der Waals surface area contributed by atoms with Gasteiger partial charge in [0.15, 0.2) is 4.80 Å². The minimum Gasteiger partial charge on any atom is -0.336 e. The van der Waals surface area contributed by atoms with Crippen molar-refractivity contribution in [1.29, 1.82) is 0 Å². The highest BCUT2D eigenvalue weighted by molar-refractivity contribution is 7.09. The molecule has 0 aliphatic heterocycles. The third kappa shape index (κ3) is 5.45. The number of benzene rings is 1. The largest absolute Gasteiger partial charge is 0.416 e. The normalized spacial score (nSPS) is 13.2. The minimum atomic E-state index is -4.38. The van der Waals surface area contributed by atoms with Gasteiger partial charge in [-0.3, -0.25) is 4.57 Å². The summed E-state index contributed by atoms with van der Waals surface area (Å²) in [7, 11) is 0. The second-order valence-electron chi connectivity index (χ2n) is 6.87. The molecule has 1 aromatic heterocycles. The molecular weight excluding hydrogens is 351 g/mol. The third-order valence-corrected chi connectivity index (χ3v) is 4.11. The molecule has 1 N–H and O–H groups in total. The van der Waals surface area contributed by atoms with Gasteiger partial charge in [0, 0.05) is 23.3 Å². The van der Waals surface area contributed by atoms with Crippen LogP contribution in [0.2, 0.25) is 0 Å². The molecule has 1 aromatic carbocycles. The van der Waals surface area contributed by atoms with Crippen LogP contribution in [-0.4, -0.2) is 17.1 Å². The lowest BCUT2D eigenvalue weighted by molar-refractivity contribution is -0.137. The summed E-state index contributed by atoms with van der Waals surface area (Å²) in [5, 5.41) is 2.73. The van der Waals surface area contributed by atoms with Gasteiger partial charge in [-0.15, -0.1) is 11.3 Å². The molecule has 0 atom stereocenters. The highest BCUT2D eigenvalue weighted by Crippen LogP contribution is 2.29. The monoisotopic (exact) mass is 371 g/mol. The van der Waals surface area contributed by atoms with E-state index in [0.29, 0.717) is 17.0 Å². The molecule has 0 unspecified atom stereocenters. The molecule has 0 saturated heterocycles. The second-order valence-corrected chi connectivity index (χ2v) is 8.08. The van der Waals surface area contributed by atoms with Crippen molar-refractivity contribution < 1.29 is 18.0 Å². The SMILES string of the molecule is Cc1cn(-c2ccc(C(F)(F)F)cc2)/c(=N/C(=O)NCC(C)(C)C)s1. The number of hydrogen-bond acceptors (Lipinski definition) is 2. The predicted octanol–water partition coefficient (Wildman–Crippen LogP) is 4.52. The van der Waals surface area contributed by atoms with Crippen molar-refractivity contribution in [3.63, 3.8) is 0 Å². The Kier molecular flexibility index (Phi) is 5.41. The van der Waals surface area contributed by atoms with Crippen molar-refractivity contribution in [3.05, 3.63) is 45.7 Å². The van der Waals surface area contributed by atoms with Crippen molar-refractivity contribution in [2.75, 3.05) is 6.54 Å². The van der Waals surface area contributed by atoms with Gasteiger partial charge in [-0.2, -0.15) is 18.2 Å². The van der Waals surface area contributed by atoms with Gasteiger partial charge in [0.05, 0.1) is 5.56 Å². The average Bonchev–Trinajstić information content (AvgIpc) is 2.84. The average molecular weight is 371 g/mol. The number of halogens is 3. The lowest BCUT2D eigenvalue weighted by atomic mass is 9.97. The van der Waals surface area contributed by atoms with E-state index >= 15 is 0 Å². The van der Waals surface area contributed by atoms with Crippen LogP contribution in [0.4, 0.5) is 18.0 Å². The topological polar surface area (TPSA) is 46.4 Å². The Morgan fingerprint density at radius 1 is 1.20 bits per heavy atom. The number of nitrogens with one attached hydrogen (secondary N) is 1. The van der Waals surface area contributed by atoms with Gasteiger partial charge in [-0.1, -0.05) is 20.8 Å². The van der Waals surface area contributed by atoms with Crippen LogP contribution in [0, 0.1) is 12.3 Å². The fraction of sp³-hybridized carbons (Fsp3) is 0.412. The number of aromatic nitrogens is 1. The minimum absolute atomic E-state index is 0.0695. The first kappa shape index (κ1) is 19.2. The molecule has 0 saturated carbocycles. The number of thiazole rings is 1. The van der Waals surface area contributed by atoms with Crippen LogP contribution < -0.4 is 10.1 Å². The van der Waals surface area contributed by atoms with Gasteiger partial charge >= 0.3 is 12.2 Å². The van der Waals surface area contributed by atoms with Crippen molar-refractivity contribution in [1.82, 2.24) is 9.88 Å². The van der Waals surface area contributed by atoms with Crippen molar-refractivity contribution >= 4 is 17.4 Å². The molecule has 0 aliphatic carbocycles. The highest BCUT2D eigenvalue weighted by Gasteiger charge is 2.30.